The summed E-state index contributed by atoms with van der Waals surface area (Å²) in [6.45, 7) is 12.7. The molecule has 4 amide bonds. The van der Waals surface area contributed by atoms with Crippen LogP contribution in [0.4, 0.5) is 9.59 Å². The van der Waals surface area contributed by atoms with Gasteiger partial charge < -0.3 is 21.3 Å². The van der Waals surface area contributed by atoms with E-state index >= 15 is 0 Å². The summed E-state index contributed by atoms with van der Waals surface area (Å²) in [7, 11) is 0. The summed E-state index contributed by atoms with van der Waals surface area (Å²) in [5.74, 6) is 0. The van der Waals surface area contributed by atoms with Crippen LogP contribution in [0.3, 0.4) is 0 Å². The van der Waals surface area contributed by atoms with Crippen LogP contribution in [0.5, 0.6) is 0 Å². The quantitative estimate of drug-likeness (QED) is 0.307. The number of nitrogens with one attached hydrogen (secondary N) is 4. The van der Waals surface area contributed by atoms with Crippen LogP contribution < -0.4 is 21.3 Å². The molecule has 1 rings (SSSR count). The third-order valence-electron chi connectivity index (χ3n) is 6.11. The number of rotatable bonds is 12. The molecule has 1 aliphatic carbocycles. The number of hydrogen-bond acceptors (Lipinski definition) is 2. The molecule has 6 heteroatoms. The van der Waals surface area contributed by atoms with Crippen molar-refractivity contribution in [1.29, 1.82) is 0 Å². The Morgan fingerprint density at radius 2 is 1.00 bits per heavy atom. The first-order valence-electron chi connectivity index (χ1n) is 12.2. The van der Waals surface area contributed by atoms with Crippen LogP contribution in [0.1, 0.15) is 119 Å². The van der Waals surface area contributed by atoms with E-state index < -0.39 is 0 Å². The van der Waals surface area contributed by atoms with Gasteiger partial charge in [-0.1, -0.05) is 52.4 Å². The zero-order valence-electron chi connectivity index (χ0n) is 20.5. The van der Waals surface area contributed by atoms with Gasteiger partial charge in [0, 0.05) is 23.2 Å². The fourth-order valence-corrected chi connectivity index (χ4v) is 4.20. The van der Waals surface area contributed by atoms with Gasteiger partial charge in [-0.2, -0.15) is 0 Å². The molecule has 0 aromatic carbocycles. The summed E-state index contributed by atoms with van der Waals surface area (Å²) in [5.41, 5.74) is -0.361. The number of carbonyl (C=O) groups is 2. The van der Waals surface area contributed by atoms with E-state index in [9.17, 15) is 9.59 Å². The van der Waals surface area contributed by atoms with Gasteiger partial charge in [0.05, 0.1) is 0 Å². The number of urea groups is 2. The SMILES string of the molecule is CCCCCC(C)(C)NC(=O)NC1CCC(NC(=O)NC(C)(C)CCCCC)CC1. The van der Waals surface area contributed by atoms with E-state index in [-0.39, 0.29) is 35.2 Å². The Balaban J connectivity index is 2.29. The van der Waals surface area contributed by atoms with Crippen LogP contribution in [0.15, 0.2) is 0 Å². The average molecular weight is 425 g/mol. The van der Waals surface area contributed by atoms with E-state index in [1.807, 2.05) is 0 Å². The maximum atomic E-state index is 12.4. The minimum Gasteiger partial charge on any atom is -0.335 e. The van der Waals surface area contributed by atoms with E-state index in [2.05, 4.69) is 62.8 Å². The monoisotopic (exact) mass is 424 g/mol. The van der Waals surface area contributed by atoms with Crippen LogP contribution in [0, 0.1) is 0 Å². The Morgan fingerprint density at radius 3 is 1.30 bits per heavy atom. The van der Waals surface area contributed by atoms with Crippen molar-refractivity contribution in [1.82, 2.24) is 21.3 Å². The number of hydrogen-bond donors (Lipinski definition) is 4. The van der Waals surface area contributed by atoms with Crippen LogP contribution in [0.2, 0.25) is 0 Å². The fraction of sp³-hybridized carbons (Fsp3) is 0.917. The molecule has 0 atom stereocenters. The second-order valence-corrected chi connectivity index (χ2v) is 10.4. The molecule has 0 aromatic heterocycles. The van der Waals surface area contributed by atoms with Gasteiger partial charge in [0.1, 0.15) is 0 Å². The van der Waals surface area contributed by atoms with E-state index in [4.69, 9.17) is 0 Å². The van der Waals surface area contributed by atoms with Crippen molar-refractivity contribution >= 4 is 12.1 Å². The first-order chi connectivity index (χ1) is 14.1. The topological polar surface area (TPSA) is 82.3 Å². The zero-order valence-corrected chi connectivity index (χ0v) is 20.5. The predicted octanol–water partition coefficient (Wildman–Crippen LogP) is 5.61. The second kappa shape index (κ2) is 13.1. The number of unbranched alkanes of at least 4 members (excludes halogenated alkanes) is 4. The Bertz CT molecular complexity index is 465. The smallest absolute Gasteiger partial charge is 0.315 e. The second-order valence-electron chi connectivity index (χ2n) is 10.4. The summed E-state index contributed by atoms with van der Waals surface area (Å²) in [4.78, 5) is 24.8. The molecule has 6 nitrogen and oxygen atoms in total. The lowest BCUT2D eigenvalue weighted by molar-refractivity contribution is 0.208. The summed E-state index contributed by atoms with van der Waals surface area (Å²) in [6, 6.07) is 0.227. The summed E-state index contributed by atoms with van der Waals surface area (Å²) >= 11 is 0. The van der Waals surface area contributed by atoms with Crippen molar-refractivity contribution in [3.8, 4) is 0 Å². The molecule has 1 fully saturated rings. The molecule has 176 valence electrons. The van der Waals surface area contributed by atoms with Crippen LogP contribution in [0.25, 0.3) is 0 Å². The van der Waals surface area contributed by atoms with Gasteiger partial charge in [0.25, 0.3) is 0 Å². The Labute approximate surface area is 185 Å². The normalized spacial score (nSPS) is 19.8. The van der Waals surface area contributed by atoms with Crippen molar-refractivity contribution in [2.45, 2.75) is 142 Å². The molecular formula is C24H48N4O2. The first kappa shape index (κ1) is 26.6. The number of amides is 4. The minimum atomic E-state index is -0.181. The molecule has 0 bridgehead atoms. The molecule has 1 saturated carbocycles. The summed E-state index contributed by atoms with van der Waals surface area (Å²) < 4.78 is 0. The molecular weight excluding hydrogens is 376 g/mol. The fourth-order valence-electron chi connectivity index (χ4n) is 4.20. The molecule has 0 saturated heterocycles. The van der Waals surface area contributed by atoms with Gasteiger partial charge in [-0.3, -0.25) is 0 Å². The van der Waals surface area contributed by atoms with Crippen molar-refractivity contribution in [3.63, 3.8) is 0 Å². The highest BCUT2D eigenvalue weighted by Crippen LogP contribution is 2.20. The van der Waals surface area contributed by atoms with Crippen LogP contribution in [-0.4, -0.2) is 35.2 Å². The maximum Gasteiger partial charge on any atom is 0.315 e. The molecule has 0 aliphatic heterocycles. The van der Waals surface area contributed by atoms with E-state index in [0.717, 1.165) is 51.4 Å². The molecule has 0 spiro atoms. The first-order valence-corrected chi connectivity index (χ1v) is 12.2. The molecule has 4 N–H and O–H groups in total. The summed E-state index contributed by atoms with van der Waals surface area (Å²) in [5, 5.41) is 12.5. The number of carbonyl (C=O) groups excluding carboxylic acids is 2. The highest BCUT2D eigenvalue weighted by atomic mass is 16.2. The third kappa shape index (κ3) is 11.7. The molecule has 0 aromatic rings. The van der Waals surface area contributed by atoms with Crippen molar-refractivity contribution in [2.24, 2.45) is 0 Å². The Hall–Kier alpha value is -1.46. The largest absolute Gasteiger partial charge is 0.335 e. The van der Waals surface area contributed by atoms with Gasteiger partial charge in [-0.25, -0.2) is 9.59 Å². The molecule has 0 heterocycles. The van der Waals surface area contributed by atoms with Gasteiger partial charge in [0.2, 0.25) is 0 Å². The van der Waals surface area contributed by atoms with E-state index in [1.165, 1.54) is 25.7 Å². The summed E-state index contributed by atoms with van der Waals surface area (Å²) in [6.07, 6.45) is 12.6. The van der Waals surface area contributed by atoms with Gasteiger partial charge >= 0.3 is 12.1 Å². The lowest BCUT2D eigenvalue weighted by atomic mass is 9.91. The van der Waals surface area contributed by atoms with Crippen molar-refractivity contribution in [2.75, 3.05) is 0 Å². The zero-order chi connectivity index (χ0) is 22.6. The lowest BCUT2D eigenvalue weighted by Crippen LogP contribution is -2.54. The molecule has 0 radical (unpaired) electrons. The highest BCUT2D eigenvalue weighted by Gasteiger charge is 2.27. The Kier molecular flexibility index (Phi) is 11.6. The van der Waals surface area contributed by atoms with E-state index in [1.54, 1.807) is 0 Å². The van der Waals surface area contributed by atoms with Crippen molar-refractivity contribution < 1.29 is 9.59 Å². The maximum absolute atomic E-state index is 12.4. The van der Waals surface area contributed by atoms with Gasteiger partial charge in [-0.05, 0) is 66.2 Å². The standard InChI is InChI=1S/C24H48N4O2/c1-7-9-11-17-23(3,4)27-21(29)25-19-13-15-20(16-14-19)26-22(30)28-24(5,6)18-12-10-8-2/h19-20H,7-18H2,1-6H3,(H2,25,27,29)(H2,26,28,30). The predicted molar refractivity (Wildman–Crippen MR) is 126 cm³/mol. The van der Waals surface area contributed by atoms with Crippen molar-refractivity contribution in [3.05, 3.63) is 0 Å². The lowest BCUT2D eigenvalue weighted by Gasteiger charge is -2.33. The van der Waals surface area contributed by atoms with Crippen LogP contribution in [-0.2, 0) is 0 Å². The van der Waals surface area contributed by atoms with E-state index in [0.29, 0.717) is 0 Å². The van der Waals surface area contributed by atoms with Crippen LogP contribution >= 0.6 is 0 Å². The average Bonchev–Trinajstić information content (AvgIpc) is 2.62. The molecule has 0 unspecified atom stereocenters. The molecule has 30 heavy (non-hydrogen) atoms. The third-order valence-corrected chi connectivity index (χ3v) is 6.11. The Morgan fingerprint density at radius 1 is 0.667 bits per heavy atom. The highest BCUT2D eigenvalue weighted by molar-refractivity contribution is 5.75. The molecule has 1 aliphatic rings. The van der Waals surface area contributed by atoms with Gasteiger partial charge in [0.15, 0.2) is 0 Å². The minimum absolute atomic E-state index is 0.0699. The van der Waals surface area contributed by atoms with Gasteiger partial charge in [-0.15, -0.1) is 0 Å².